The average molecular weight is 562 g/mol. The van der Waals surface area contributed by atoms with E-state index in [1.54, 1.807) is 10.9 Å². The Morgan fingerprint density at radius 2 is 1.61 bits per heavy atom. The number of ether oxygens (including phenoxy) is 5. The predicted molar refractivity (Wildman–Crippen MR) is 137 cm³/mol. The predicted octanol–water partition coefficient (Wildman–Crippen LogP) is -0.538. The Bertz CT molecular complexity index is 829. The van der Waals surface area contributed by atoms with Crippen LogP contribution >= 0.6 is 11.8 Å². The minimum atomic E-state index is -1.08. The van der Waals surface area contributed by atoms with Crippen LogP contribution in [0.4, 0.5) is 0 Å². The van der Waals surface area contributed by atoms with Gasteiger partial charge in [0.15, 0.2) is 0 Å². The van der Waals surface area contributed by atoms with Crippen LogP contribution in [-0.2, 0) is 51.2 Å². The number of hydrogen-bond donors (Lipinski definition) is 3. The van der Waals surface area contributed by atoms with Gasteiger partial charge in [0.05, 0.1) is 84.0 Å². The van der Waals surface area contributed by atoms with Gasteiger partial charge in [-0.2, -0.15) is 0 Å². The van der Waals surface area contributed by atoms with Crippen LogP contribution in [0.15, 0.2) is 6.20 Å². The molecule has 216 valence electrons. The van der Waals surface area contributed by atoms with E-state index in [2.05, 4.69) is 27.9 Å². The number of nitrogens with zero attached hydrogens (tertiary/aromatic N) is 3. The first kappa shape index (κ1) is 31.9. The normalized spacial score (nSPS) is 17.3. The zero-order valence-electron chi connectivity index (χ0n) is 21.8. The average Bonchev–Trinajstić information content (AvgIpc) is 3.36. The van der Waals surface area contributed by atoms with Crippen LogP contribution in [0.2, 0.25) is 0 Å². The van der Waals surface area contributed by atoms with Crippen molar-refractivity contribution in [1.82, 2.24) is 25.6 Å². The van der Waals surface area contributed by atoms with Crippen molar-refractivity contribution in [2.75, 3.05) is 71.8 Å². The standard InChI is InChI=1S/C23H39N5O9S/c1-2-4-33-6-8-35-10-12-37-13-11-36-9-7-34-5-3-28-16-18(26-27-28)15-24-21(29)14-20-22(30)25-19(17-38-20)23(31)32/h16,19-20H,2-15,17H2,1H3,(H,24,29)(H,25,30)(H,31,32). The fourth-order valence-electron chi connectivity index (χ4n) is 3.12. The molecule has 14 nitrogen and oxygen atoms in total. The van der Waals surface area contributed by atoms with Crippen molar-refractivity contribution in [3.05, 3.63) is 11.9 Å². The molecule has 2 unspecified atom stereocenters. The second-order valence-electron chi connectivity index (χ2n) is 8.24. The quantitative estimate of drug-likeness (QED) is 0.155. The fourth-order valence-corrected chi connectivity index (χ4v) is 4.26. The Morgan fingerprint density at radius 1 is 1.03 bits per heavy atom. The lowest BCUT2D eigenvalue weighted by atomic mass is 10.2. The van der Waals surface area contributed by atoms with Gasteiger partial charge in [0.25, 0.3) is 0 Å². The highest BCUT2D eigenvalue weighted by Crippen LogP contribution is 2.21. The van der Waals surface area contributed by atoms with Crippen LogP contribution in [0.5, 0.6) is 0 Å². The molecule has 1 aliphatic rings. The summed E-state index contributed by atoms with van der Waals surface area (Å²) in [4.78, 5) is 35.1. The maximum Gasteiger partial charge on any atom is 0.327 e. The monoisotopic (exact) mass is 561 g/mol. The van der Waals surface area contributed by atoms with E-state index < -0.39 is 23.2 Å². The molecule has 0 radical (unpaired) electrons. The van der Waals surface area contributed by atoms with Gasteiger partial charge >= 0.3 is 5.97 Å². The topological polar surface area (TPSA) is 172 Å². The summed E-state index contributed by atoms with van der Waals surface area (Å²) in [5.41, 5.74) is 0.573. The van der Waals surface area contributed by atoms with Crippen LogP contribution < -0.4 is 10.6 Å². The first-order valence-corrected chi connectivity index (χ1v) is 13.7. The van der Waals surface area contributed by atoms with Gasteiger partial charge in [0.1, 0.15) is 11.7 Å². The van der Waals surface area contributed by atoms with E-state index >= 15 is 0 Å². The second kappa shape index (κ2) is 19.7. The van der Waals surface area contributed by atoms with Crippen molar-refractivity contribution in [2.24, 2.45) is 0 Å². The van der Waals surface area contributed by atoms with Gasteiger partial charge in [0.2, 0.25) is 11.8 Å². The molecule has 2 amide bonds. The zero-order chi connectivity index (χ0) is 27.4. The smallest absolute Gasteiger partial charge is 0.327 e. The van der Waals surface area contributed by atoms with Crippen molar-refractivity contribution in [3.8, 4) is 0 Å². The SMILES string of the molecule is CCCOCCOCCOCCOCCOCCn1cc(CNC(=O)CC2SCC(C(=O)O)NC2=O)nn1. The Hall–Kier alpha value is -2.30. The van der Waals surface area contributed by atoms with Crippen LogP contribution in [0.1, 0.15) is 25.5 Å². The molecule has 0 bridgehead atoms. The summed E-state index contributed by atoms with van der Waals surface area (Å²) >= 11 is 1.16. The van der Waals surface area contributed by atoms with Gasteiger partial charge in [-0.05, 0) is 6.42 Å². The molecule has 0 spiro atoms. The summed E-state index contributed by atoms with van der Waals surface area (Å²) in [7, 11) is 0. The van der Waals surface area contributed by atoms with E-state index in [-0.39, 0.29) is 24.6 Å². The lowest BCUT2D eigenvalue weighted by Crippen LogP contribution is -2.51. The molecule has 1 aromatic heterocycles. The summed E-state index contributed by atoms with van der Waals surface area (Å²) in [6.45, 7) is 8.02. The number of aliphatic carboxylic acids is 1. The minimum absolute atomic E-state index is 0.0392. The molecule has 2 heterocycles. The van der Waals surface area contributed by atoms with E-state index in [4.69, 9.17) is 28.8 Å². The van der Waals surface area contributed by atoms with E-state index in [9.17, 15) is 14.4 Å². The molecule has 2 rings (SSSR count). The third-order valence-electron chi connectivity index (χ3n) is 5.10. The van der Waals surface area contributed by atoms with Gasteiger partial charge in [-0.1, -0.05) is 12.1 Å². The molecule has 1 aliphatic heterocycles. The molecule has 0 saturated carbocycles. The zero-order valence-corrected chi connectivity index (χ0v) is 22.6. The Kier molecular flexibility index (Phi) is 16.6. The number of nitrogens with one attached hydrogen (secondary N) is 2. The maximum atomic E-state index is 12.2. The van der Waals surface area contributed by atoms with Gasteiger partial charge in [-0.25, -0.2) is 9.48 Å². The molecule has 2 atom stereocenters. The van der Waals surface area contributed by atoms with Gasteiger partial charge < -0.3 is 39.4 Å². The lowest BCUT2D eigenvalue weighted by Gasteiger charge is -2.25. The molecule has 1 saturated heterocycles. The Balaban J connectivity index is 1.41. The highest BCUT2D eigenvalue weighted by Gasteiger charge is 2.33. The third-order valence-corrected chi connectivity index (χ3v) is 6.40. The number of thioether (sulfide) groups is 1. The summed E-state index contributed by atoms with van der Waals surface area (Å²) < 4.78 is 28.7. The number of aromatic nitrogens is 3. The highest BCUT2D eigenvalue weighted by atomic mass is 32.2. The second-order valence-corrected chi connectivity index (χ2v) is 9.47. The van der Waals surface area contributed by atoms with Crippen molar-refractivity contribution in [3.63, 3.8) is 0 Å². The highest BCUT2D eigenvalue weighted by molar-refractivity contribution is 8.00. The fraction of sp³-hybridized carbons (Fsp3) is 0.783. The largest absolute Gasteiger partial charge is 0.480 e. The van der Waals surface area contributed by atoms with Crippen LogP contribution in [0, 0.1) is 0 Å². The van der Waals surface area contributed by atoms with Gasteiger partial charge in [-0.3, -0.25) is 9.59 Å². The van der Waals surface area contributed by atoms with E-state index in [0.717, 1.165) is 24.8 Å². The van der Waals surface area contributed by atoms with Gasteiger partial charge in [-0.15, -0.1) is 16.9 Å². The maximum absolute atomic E-state index is 12.2. The number of carbonyl (C=O) groups excluding carboxylic acids is 2. The summed E-state index contributed by atoms with van der Waals surface area (Å²) in [5, 5.41) is 21.5. The molecule has 3 N–H and O–H groups in total. The molecule has 15 heteroatoms. The molecule has 0 aromatic carbocycles. The van der Waals surface area contributed by atoms with Gasteiger partial charge in [0, 0.05) is 18.8 Å². The van der Waals surface area contributed by atoms with Crippen LogP contribution in [0.3, 0.4) is 0 Å². The summed E-state index contributed by atoms with van der Waals surface area (Å²) in [6, 6.07) is -0.921. The van der Waals surface area contributed by atoms with E-state index in [1.165, 1.54) is 0 Å². The number of carboxylic acids is 1. The van der Waals surface area contributed by atoms with E-state index in [1.807, 2.05) is 0 Å². The summed E-state index contributed by atoms with van der Waals surface area (Å²) in [5.74, 6) is -1.63. The molecule has 0 aliphatic carbocycles. The molecular weight excluding hydrogens is 522 g/mol. The number of hydrogen-bond acceptors (Lipinski definition) is 11. The van der Waals surface area contributed by atoms with Crippen molar-refractivity contribution < 1.29 is 43.2 Å². The first-order chi connectivity index (χ1) is 18.5. The molecule has 1 aromatic rings. The van der Waals surface area contributed by atoms with Crippen LogP contribution in [-0.4, -0.2) is 121 Å². The first-order valence-electron chi connectivity index (χ1n) is 12.7. The third kappa shape index (κ3) is 14.0. The minimum Gasteiger partial charge on any atom is -0.480 e. The van der Waals surface area contributed by atoms with Crippen molar-refractivity contribution in [1.29, 1.82) is 0 Å². The van der Waals surface area contributed by atoms with E-state index in [0.29, 0.717) is 71.7 Å². The van der Waals surface area contributed by atoms with Crippen LogP contribution in [0.25, 0.3) is 0 Å². The molecule has 38 heavy (non-hydrogen) atoms. The van der Waals surface area contributed by atoms with Crippen molar-refractivity contribution in [2.45, 2.75) is 44.1 Å². The number of rotatable bonds is 22. The van der Waals surface area contributed by atoms with Crippen molar-refractivity contribution >= 4 is 29.5 Å². The Labute approximate surface area is 226 Å². The Morgan fingerprint density at radius 3 is 2.16 bits per heavy atom. The lowest BCUT2D eigenvalue weighted by molar-refractivity contribution is -0.141. The molecule has 1 fully saturated rings. The number of carbonyl (C=O) groups is 3. The number of amides is 2. The summed E-state index contributed by atoms with van der Waals surface area (Å²) in [6.07, 6.45) is 2.67. The number of carboxylic acid groups (broad SMARTS) is 1. The molecular formula is C23H39N5O9S.